The van der Waals surface area contributed by atoms with Gasteiger partial charge >= 0.3 is 0 Å². The molecule has 0 saturated carbocycles. The third-order valence-corrected chi connectivity index (χ3v) is 4.81. The smallest absolute Gasteiger partial charge is 0.0707 e. The summed E-state index contributed by atoms with van der Waals surface area (Å²) in [7, 11) is 0. The molecule has 3 aromatic rings. The first kappa shape index (κ1) is 17.4. The Balaban J connectivity index is 2.09. The topological polar surface area (TPSA) is 12.9 Å². The summed E-state index contributed by atoms with van der Waals surface area (Å²) in [5.74, 6) is 0.647. The summed E-state index contributed by atoms with van der Waals surface area (Å²) in [6, 6.07) is 17.5. The van der Waals surface area contributed by atoms with Crippen molar-refractivity contribution in [1.29, 1.82) is 0 Å². The zero-order valence-electron chi connectivity index (χ0n) is 15.9. The Labute approximate surface area is 151 Å². The molecule has 2 aromatic carbocycles. The van der Waals surface area contributed by atoms with Gasteiger partial charge in [-0.15, -0.1) is 0 Å². The molecule has 0 spiro atoms. The molecule has 1 heterocycles. The van der Waals surface area contributed by atoms with Gasteiger partial charge in [0.1, 0.15) is 0 Å². The molecule has 0 bridgehead atoms. The van der Waals surface area contributed by atoms with E-state index in [4.69, 9.17) is 4.98 Å². The van der Waals surface area contributed by atoms with E-state index in [9.17, 15) is 0 Å². The third-order valence-electron chi connectivity index (χ3n) is 4.81. The van der Waals surface area contributed by atoms with Crippen molar-refractivity contribution < 1.29 is 0 Å². The standard InChI is InChI=1S/C24H27N/c1-16(2)12-21-14-24(25-15-19(21)5)23-13-20(11-10-18(23)4)22-9-7-6-8-17(22)3/h6-11,13-16H,12H2,1-5H3. The molecule has 0 atom stereocenters. The summed E-state index contributed by atoms with van der Waals surface area (Å²) in [5, 5.41) is 0. The van der Waals surface area contributed by atoms with Crippen LogP contribution in [0.2, 0.25) is 0 Å². The number of aromatic nitrogens is 1. The van der Waals surface area contributed by atoms with Crippen LogP contribution in [0.5, 0.6) is 0 Å². The summed E-state index contributed by atoms with van der Waals surface area (Å²) in [6.07, 6.45) is 3.12. The van der Waals surface area contributed by atoms with E-state index in [1.807, 2.05) is 6.20 Å². The van der Waals surface area contributed by atoms with Gasteiger partial charge in [-0.2, -0.15) is 0 Å². The van der Waals surface area contributed by atoms with Gasteiger partial charge in [-0.3, -0.25) is 4.98 Å². The first-order valence-electron chi connectivity index (χ1n) is 9.08. The number of hydrogen-bond donors (Lipinski definition) is 0. The normalized spacial score (nSPS) is 11.1. The number of benzene rings is 2. The van der Waals surface area contributed by atoms with Crippen molar-refractivity contribution in [2.45, 2.75) is 41.0 Å². The molecule has 1 heteroatoms. The Kier molecular flexibility index (Phi) is 5.03. The molecule has 0 aliphatic rings. The molecular weight excluding hydrogens is 302 g/mol. The second-order valence-electron chi connectivity index (χ2n) is 7.44. The lowest BCUT2D eigenvalue weighted by atomic mass is 9.93. The summed E-state index contributed by atoms with van der Waals surface area (Å²) >= 11 is 0. The monoisotopic (exact) mass is 329 g/mol. The van der Waals surface area contributed by atoms with E-state index in [1.54, 1.807) is 0 Å². The number of hydrogen-bond acceptors (Lipinski definition) is 1. The fraction of sp³-hybridized carbons (Fsp3) is 0.292. The molecule has 128 valence electrons. The van der Waals surface area contributed by atoms with Gasteiger partial charge < -0.3 is 0 Å². The minimum absolute atomic E-state index is 0.647. The van der Waals surface area contributed by atoms with E-state index in [2.05, 4.69) is 83.1 Å². The molecule has 0 fully saturated rings. The van der Waals surface area contributed by atoms with Crippen LogP contribution in [-0.2, 0) is 6.42 Å². The number of rotatable bonds is 4. The Bertz CT molecular complexity index is 890. The molecule has 0 radical (unpaired) electrons. The zero-order valence-corrected chi connectivity index (χ0v) is 15.9. The number of pyridine rings is 1. The lowest BCUT2D eigenvalue weighted by Gasteiger charge is -2.14. The Morgan fingerprint density at radius 3 is 2.24 bits per heavy atom. The molecule has 3 rings (SSSR count). The molecular formula is C24H27N. The van der Waals surface area contributed by atoms with Gasteiger partial charge in [-0.25, -0.2) is 0 Å². The fourth-order valence-electron chi connectivity index (χ4n) is 3.33. The second-order valence-corrected chi connectivity index (χ2v) is 7.44. The minimum Gasteiger partial charge on any atom is -0.256 e. The van der Waals surface area contributed by atoms with Crippen LogP contribution in [-0.4, -0.2) is 4.98 Å². The Morgan fingerprint density at radius 1 is 0.800 bits per heavy atom. The first-order valence-corrected chi connectivity index (χ1v) is 9.08. The van der Waals surface area contributed by atoms with Crippen molar-refractivity contribution in [1.82, 2.24) is 4.98 Å². The lowest BCUT2D eigenvalue weighted by Crippen LogP contribution is -1.99. The maximum atomic E-state index is 4.73. The van der Waals surface area contributed by atoms with Crippen LogP contribution in [0.3, 0.4) is 0 Å². The number of aryl methyl sites for hydroxylation is 3. The van der Waals surface area contributed by atoms with Crippen LogP contribution in [0, 0.1) is 26.7 Å². The molecule has 0 N–H and O–H groups in total. The van der Waals surface area contributed by atoms with Crippen molar-refractivity contribution in [2.24, 2.45) is 5.92 Å². The molecule has 0 aliphatic heterocycles. The highest BCUT2D eigenvalue weighted by Crippen LogP contribution is 2.31. The summed E-state index contributed by atoms with van der Waals surface area (Å²) < 4.78 is 0. The average Bonchev–Trinajstić information content (AvgIpc) is 2.58. The maximum Gasteiger partial charge on any atom is 0.0707 e. The van der Waals surface area contributed by atoms with Crippen LogP contribution < -0.4 is 0 Å². The lowest BCUT2D eigenvalue weighted by molar-refractivity contribution is 0.644. The Hall–Kier alpha value is -2.41. The molecule has 25 heavy (non-hydrogen) atoms. The highest BCUT2D eigenvalue weighted by atomic mass is 14.7. The van der Waals surface area contributed by atoms with Crippen molar-refractivity contribution in [3.05, 3.63) is 77.0 Å². The third kappa shape index (κ3) is 3.82. The molecule has 0 aliphatic carbocycles. The van der Waals surface area contributed by atoms with Gasteiger partial charge in [0.05, 0.1) is 5.69 Å². The molecule has 0 amide bonds. The predicted molar refractivity (Wildman–Crippen MR) is 108 cm³/mol. The van der Waals surface area contributed by atoms with Crippen molar-refractivity contribution in [3.8, 4) is 22.4 Å². The second kappa shape index (κ2) is 7.23. The van der Waals surface area contributed by atoms with Crippen LogP contribution in [0.1, 0.15) is 36.1 Å². The van der Waals surface area contributed by atoms with Crippen molar-refractivity contribution in [3.63, 3.8) is 0 Å². The Morgan fingerprint density at radius 2 is 1.52 bits per heavy atom. The number of nitrogens with zero attached hydrogens (tertiary/aromatic N) is 1. The van der Waals surface area contributed by atoms with Crippen LogP contribution in [0.4, 0.5) is 0 Å². The highest BCUT2D eigenvalue weighted by Gasteiger charge is 2.10. The highest BCUT2D eigenvalue weighted by molar-refractivity contribution is 5.75. The first-order chi connectivity index (χ1) is 12.0. The van der Waals surface area contributed by atoms with Gasteiger partial charge in [0.2, 0.25) is 0 Å². The van der Waals surface area contributed by atoms with E-state index in [0.717, 1.165) is 12.1 Å². The molecule has 1 nitrogen and oxygen atoms in total. The van der Waals surface area contributed by atoms with E-state index < -0.39 is 0 Å². The van der Waals surface area contributed by atoms with Crippen LogP contribution >= 0.6 is 0 Å². The summed E-state index contributed by atoms with van der Waals surface area (Å²) in [5.41, 5.74) is 10.1. The summed E-state index contributed by atoms with van der Waals surface area (Å²) in [4.78, 5) is 4.73. The zero-order chi connectivity index (χ0) is 18.0. The van der Waals surface area contributed by atoms with Gasteiger partial charge in [0.15, 0.2) is 0 Å². The van der Waals surface area contributed by atoms with Gasteiger partial charge in [0.25, 0.3) is 0 Å². The SMILES string of the molecule is Cc1cnc(-c2cc(-c3ccccc3C)ccc2C)cc1CC(C)C. The quantitative estimate of drug-likeness (QED) is 0.529. The summed E-state index contributed by atoms with van der Waals surface area (Å²) in [6.45, 7) is 11.0. The predicted octanol–water partition coefficient (Wildman–Crippen LogP) is 6.54. The average molecular weight is 329 g/mol. The van der Waals surface area contributed by atoms with E-state index in [-0.39, 0.29) is 0 Å². The van der Waals surface area contributed by atoms with Gasteiger partial charge in [-0.05, 0) is 78.6 Å². The van der Waals surface area contributed by atoms with Crippen LogP contribution in [0.15, 0.2) is 54.7 Å². The molecule has 0 saturated heterocycles. The minimum atomic E-state index is 0.647. The maximum absolute atomic E-state index is 4.73. The van der Waals surface area contributed by atoms with Crippen molar-refractivity contribution in [2.75, 3.05) is 0 Å². The van der Waals surface area contributed by atoms with Gasteiger partial charge in [-0.1, -0.05) is 50.2 Å². The van der Waals surface area contributed by atoms with E-state index >= 15 is 0 Å². The van der Waals surface area contributed by atoms with E-state index in [1.165, 1.54) is 38.9 Å². The largest absolute Gasteiger partial charge is 0.256 e. The van der Waals surface area contributed by atoms with Gasteiger partial charge in [0, 0.05) is 11.8 Å². The van der Waals surface area contributed by atoms with Crippen molar-refractivity contribution >= 4 is 0 Å². The fourth-order valence-corrected chi connectivity index (χ4v) is 3.33. The van der Waals surface area contributed by atoms with Crippen LogP contribution in [0.25, 0.3) is 22.4 Å². The van der Waals surface area contributed by atoms with E-state index in [0.29, 0.717) is 5.92 Å². The molecule has 1 aromatic heterocycles. The molecule has 0 unspecified atom stereocenters.